The molecule has 1 fully saturated rings. The topological polar surface area (TPSA) is 86.1 Å². The molecule has 0 bridgehead atoms. The molecule has 3 aromatic carbocycles. The molecule has 3 N–H and O–H groups in total. The van der Waals surface area contributed by atoms with E-state index in [0.29, 0.717) is 43.5 Å². The van der Waals surface area contributed by atoms with E-state index < -0.39 is 11.7 Å². The number of ether oxygens (including phenoxy) is 1. The summed E-state index contributed by atoms with van der Waals surface area (Å²) in [5.41, 5.74) is 1.02. The number of piperidine rings is 1. The number of alkyl halides is 3. The minimum absolute atomic E-state index is 0. The molecule has 5 rings (SSSR count). The maximum atomic E-state index is 13.3. The highest BCUT2D eigenvalue weighted by Crippen LogP contribution is 2.37. The van der Waals surface area contributed by atoms with E-state index in [-0.39, 0.29) is 18.0 Å². The molecule has 36 heavy (non-hydrogen) atoms. The average Bonchev–Trinajstić information content (AvgIpc) is 2.90. The van der Waals surface area contributed by atoms with Gasteiger partial charge in [0.2, 0.25) is 5.95 Å². The van der Waals surface area contributed by atoms with Gasteiger partial charge in [0.25, 0.3) is 0 Å². The molecule has 0 spiro atoms. The molecule has 1 aliphatic rings. The normalized spacial score (nSPS) is 14.2. The van der Waals surface area contributed by atoms with Crippen LogP contribution in [0.4, 0.5) is 19.1 Å². The molecule has 0 aliphatic carbocycles. The molecule has 0 radical (unpaired) electrons. The molecule has 6 nitrogen and oxygen atoms in total. The van der Waals surface area contributed by atoms with Crippen LogP contribution in [0.3, 0.4) is 0 Å². The summed E-state index contributed by atoms with van der Waals surface area (Å²) in [5.74, 6) is 1.57. The van der Waals surface area contributed by atoms with Crippen molar-refractivity contribution in [3.8, 4) is 28.5 Å². The summed E-state index contributed by atoms with van der Waals surface area (Å²) < 4.78 is 45.8. The number of para-hydroxylation sites is 1. The fourth-order valence-corrected chi connectivity index (χ4v) is 4.10. The number of benzene rings is 3. The minimum Gasteiger partial charge on any atom is -0.490 e. The van der Waals surface area contributed by atoms with Crippen LogP contribution in [0, 0.1) is 0 Å². The lowest BCUT2D eigenvalue weighted by Gasteiger charge is -2.32. The molecule has 186 valence electrons. The van der Waals surface area contributed by atoms with Gasteiger partial charge in [-0.15, -0.1) is 0 Å². The van der Waals surface area contributed by atoms with E-state index >= 15 is 0 Å². The Hall–Kier alpha value is -3.98. The van der Waals surface area contributed by atoms with Crippen molar-refractivity contribution in [2.75, 3.05) is 18.0 Å². The van der Waals surface area contributed by atoms with Crippen LogP contribution in [0.15, 0.2) is 84.9 Å². The highest BCUT2D eigenvalue weighted by atomic mass is 19.4. The first-order chi connectivity index (χ1) is 17.0. The van der Waals surface area contributed by atoms with Gasteiger partial charge in [-0.25, -0.2) is 4.98 Å². The lowest BCUT2D eigenvalue weighted by molar-refractivity contribution is -0.139. The van der Waals surface area contributed by atoms with E-state index in [1.807, 2.05) is 65.6 Å². The number of nitrogens with zero attached hydrogens (tertiary/aromatic N) is 4. The molecule has 0 unspecified atom stereocenters. The van der Waals surface area contributed by atoms with Gasteiger partial charge in [0.05, 0.1) is 5.56 Å². The third-order valence-electron chi connectivity index (χ3n) is 5.90. The zero-order valence-corrected chi connectivity index (χ0v) is 19.5. The second-order valence-corrected chi connectivity index (χ2v) is 8.31. The highest BCUT2D eigenvalue weighted by molar-refractivity contribution is 5.63. The maximum absolute atomic E-state index is 13.3. The van der Waals surface area contributed by atoms with Gasteiger partial charge in [0.15, 0.2) is 11.6 Å². The third kappa shape index (κ3) is 5.63. The lowest BCUT2D eigenvalue weighted by atomic mass is 10.1. The van der Waals surface area contributed by atoms with Crippen molar-refractivity contribution in [1.82, 2.24) is 21.1 Å². The highest BCUT2D eigenvalue weighted by Gasteiger charge is 2.35. The smallest absolute Gasteiger partial charge is 0.419 e. The van der Waals surface area contributed by atoms with E-state index in [1.165, 1.54) is 12.1 Å². The number of anilines is 1. The van der Waals surface area contributed by atoms with Gasteiger partial charge in [-0.05, 0) is 12.1 Å². The van der Waals surface area contributed by atoms with E-state index in [0.717, 1.165) is 17.2 Å². The predicted molar refractivity (Wildman–Crippen MR) is 133 cm³/mol. The van der Waals surface area contributed by atoms with Crippen LogP contribution >= 0.6 is 0 Å². The van der Waals surface area contributed by atoms with Crippen molar-refractivity contribution >= 4 is 5.95 Å². The number of halogens is 3. The monoisotopic (exact) mass is 493 g/mol. The van der Waals surface area contributed by atoms with Crippen molar-refractivity contribution in [3.05, 3.63) is 90.5 Å². The summed E-state index contributed by atoms with van der Waals surface area (Å²) in [5, 5.41) is 0. The van der Waals surface area contributed by atoms with Gasteiger partial charge in [0, 0.05) is 37.1 Å². The molecule has 1 aromatic heterocycles. The standard InChI is InChI=1S/C27H23F3N4O.H3N/c28-27(29,30)22-13-7-8-14-23(22)35-21-15-17-34(18-16-21)26-32-24(19-9-3-1-4-10-19)31-25(33-26)20-11-5-2-6-12-20;/h1-14,21H,15-18H2;1H3. The average molecular weight is 494 g/mol. The number of rotatable bonds is 5. The molecule has 1 aliphatic heterocycles. The van der Waals surface area contributed by atoms with Crippen LogP contribution in [0.5, 0.6) is 5.75 Å². The fraction of sp³-hybridized carbons (Fsp3) is 0.222. The minimum atomic E-state index is -4.45. The summed E-state index contributed by atoms with van der Waals surface area (Å²) in [6.45, 7) is 1.12. The van der Waals surface area contributed by atoms with Gasteiger partial charge in [-0.1, -0.05) is 72.8 Å². The third-order valence-corrected chi connectivity index (χ3v) is 5.90. The Balaban J connectivity index is 0.00000304. The zero-order valence-electron chi connectivity index (χ0n) is 19.5. The molecule has 9 heteroatoms. The van der Waals surface area contributed by atoms with Crippen LogP contribution in [-0.4, -0.2) is 34.1 Å². The quantitative estimate of drug-likeness (QED) is 0.345. The van der Waals surface area contributed by atoms with Gasteiger partial charge in [0.1, 0.15) is 11.9 Å². The largest absolute Gasteiger partial charge is 0.490 e. The molecule has 4 aromatic rings. The Morgan fingerprint density at radius 3 is 1.72 bits per heavy atom. The summed E-state index contributed by atoms with van der Waals surface area (Å²) in [6, 6.07) is 24.8. The van der Waals surface area contributed by atoms with E-state index in [2.05, 4.69) is 0 Å². The van der Waals surface area contributed by atoms with Crippen LogP contribution in [0.2, 0.25) is 0 Å². The number of aromatic nitrogens is 3. The Bertz CT molecular complexity index is 1220. The lowest BCUT2D eigenvalue weighted by Crippen LogP contribution is -2.39. The summed E-state index contributed by atoms with van der Waals surface area (Å²) >= 11 is 0. The van der Waals surface area contributed by atoms with Crippen LogP contribution in [0.25, 0.3) is 22.8 Å². The van der Waals surface area contributed by atoms with E-state index in [4.69, 9.17) is 19.7 Å². The predicted octanol–water partition coefficient (Wildman–Crippen LogP) is 6.43. The zero-order chi connectivity index (χ0) is 24.3. The molecular formula is C27H26F3N5O. The van der Waals surface area contributed by atoms with E-state index in [9.17, 15) is 13.2 Å². The maximum Gasteiger partial charge on any atom is 0.419 e. The first-order valence-electron chi connectivity index (χ1n) is 11.4. The van der Waals surface area contributed by atoms with Crippen LogP contribution < -0.4 is 15.8 Å². The molecule has 2 heterocycles. The number of hydrogen-bond acceptors (Lipinski definition) is 6. The molecule has 0 saturated carbocycles. The van der Waals surface area contributed by atoms with Gasteiger partial charge in [-0.2, -0.15) is 23.1 Å². The van der Waals surface area contributed by atoms with Crippen molar-refractivity contribution in [2.45, 2.75) is 25.1 Å². The number of hydrogen-bond donors (Lipinski definition) is 1. The molecular weight excluding hydrogens is 467 g/mol. The SMILES string of the molecule is FC(F)(F)c1ccccc1OC1CCN(c2nc(-c3ccccc3)nc(-c3ccccc3)n2)CC1.N. The van der Waals surface area contributed by atoms with Crippen LogP contribution in [0.1, 0.15) is 18.4 Å². The Labute approximate surface area is 207 Å². The molecule has 0 amide bonds. The van der Waals surface area contributed by atoms with Gasteiger partial charge < -0.3 is 15.8 Å². The van der Waals surface area contributed by atoms with Gasteiger partial charge in [-0.3, -0.25) is 0 Å². The van der Waals surface area contributed by atoms with Crippen molar-refractivity contribution in [1.29, 1.82) is 0 Å². The summed E-state index contributed by atoms with van der Waals surface area (Å²) in [7, 11) is 0. The van der Waals surface area contributed by atoms with E-state index in [1.54, 1.807) is 6.07 Å². The van der Waals surface area contributed by atoms with Crippen molar-refractivity contribution in [2.24, 2.45) is 0 Å². The van der Waals surface area contributed by atoms with Crippen LogP contribution in [-0.2, 0) is 6.18 Å². The summed E-state index contributed by atoms with van der Waals surface area (Å²) in [6.07, 6.45) is -3.67. The van der Waals surface area contributed by atoms with Crippen molar-refractivity contribution < 1.29 is 17.9 Å². The second kappa shape index (κ2) is 10.7. The first kappa shape index (κ1) is 25.1. The second-order valence-electron chi connectivity index (χ2n) is 8.31. The molecule has 0 atom stereocenters. The first-order valence-corrected chi connectivity index (χ1v) is 11.4. The Morgan fingerprint density at radius 1 is 0.694 bits per heavy atom. The van der Waals surface area contributed by atoms with Crippen molar-refractivity contribution in [3.63, 3.8) is 0 Å². The Kier molecular flexibility index (Phi) is 7.49. The molecule has 1 saturated heterocycles. The fourth-order valence-electron chi connectivity index (χ4n) is 4.10. The van der Waals surface area contributed by atoms with Gasteiger partial charge >= 0.3 is 6.18 Å². The Morgan fingerprint density at radius 2 is 1.19 bits per heavy atom. The summed E-state index contributed by atoms with van der Waals surface area (Å²) in [4.78, 5) is 16.2.